The fraction of sp³-hybridized carbons (Fsp3) is 0.222. The number of benzene rings is 1. The molecule has 2 amide bonds. The lowest BCUT2D eigenvalue weighted by Crippen LogP contribution is -2.24. The summed E-state index contributed by atoms with van der Waals surface area (Å²) in [5.41, 5.74) is 6.40. The highest BCUT2D eigenvalue weighted by molar-refractivity contribution is 6.23. The summed E-state index contributed by atoms with van der Waals surface area (Å²) < 4.78 is 6.83. The number of carbonyl (C=O) groups excluding carboxylic acids is 2. The Kier molecular flexibility index (Phi) is 3.27. The van der Waals surface area contributed by atoms with Crippen molar-refractivity contribution in [2.24, 2.45) is 4.99 Å². The lowest BCUT2D eigenvalue weighted by atomic mass is 10.1. The van der Waals surface area contributed by atoms with E-state index in [2.05, 4.69) is 10.3 Å². The van der Waals surface area contributed by atoms with E-state index in [0.717, 1.165) is 6.07 Å². The molecule has 4 rings (SSSR count). The summed E-state index contributed by atoms with van der Waals surface area (Å²) in [4.78, 5) is 40.8. The molecule has 2 aliphatic heterocycles. The molecule has 0 radical (unpaired) electrons. The molecule has 0 aliphatic carbocycles. The van der Waals surface area contributed by atoms with Gasteiger partial charge in [0, 0.05) is 11.6 Å². The number of rotatable bonds is 2. The van der Waals surface area contributed by atoms with Crippen LogP contribution in [0.15, 0.2) is 40.1 Å². The summed E-state index contributed by atoms with van der Waals surface area (Å²) in [5.74, 6) is -0.830. The molecule has 0 unspecified atom stereocenters. The van der Waals surface area contributed by atoms with Gasteiger partial charge in [-0.05, 0) is 32.0 Å². The van der Waals surface area contributed by atoms with E-state index < -0.39 is 17.4 Å². The second kappa shape index (κ2) is 5.29. The third-order valence-corrected chi connectivity index (χ3v) is 4.27. The van der Waals surface area contributed by atoms with E-state index in [0.29, 0.717) is 23.8 Å². The average molecular weight is 352 g/mol. The van der Waals surface area contributed by atoms with Gasteiger partial charge in [-0.2, -0.15) is 0 Å². The minimum absolute atomic E-state index is 0.00449. The molecule has 2 aliphatic rings. The number of anilines is 1. The van der Waals surface area contributed by atoms with E-state index in [-0.39, 0.29) is 22.5 Å². The average Bonchev–Trinajstić information content (AvgIpc) is 3.07. The van der Waals surface area contributed by atoms with Gasteiger partial charge in [0.25, 0.3) is 17.4 Å². The normalized spacial score (nSPS) is 17.5. The van der Waals surface area contributed by atoms with Gasteiger partial charge >= 0.3 is 0 Å². The molecule has 0 bridgehead atoms. The number of nitrogen functional groups attached to an aromatic ring is 1. The molecule has 8 nitrogen and oxygen atoms in total. The molecule has 1 aromatic heterocycles. The molecule has 3 heterocycles. The third-order valence-electron chi connectivity index (χ3n) is 4.27. The summed E-state index contributed by atoms with van der Waals surface area (Å²) in [5, 5.41) is 2.14. The highest BCUT2D eigenvalue weighted by Crippen LogP contribution is 2.25. The van der Waals surface area contributed by atoms with Gasteiger partial charge in [0.15, 0.2) is 0 Å². The predicted molar refractivity (Wildman–Crippen MR) is 94.8 cm³/mol. The Balaban J connectivity index is 1.87. The van der Waals surface area contributed by atoms with Crippen molar-refractivity contribution in [3.8, 4) is 5.69 Å². The maximum atomic E-state index is 12.5. The van der Waals surface area contributed by atoms with Crippen molar-refractivity contribution in [2.45, 2.75) is 19.4 Å². The van der Waals surface area contributed by atoms with Crippen molar-refractivity contribution in [1.82, 2.24) is 9.88 Å². The van der Waals surface area contributed by atoms with Crippen LogP contribution < -0.4 is 16.6 Å². The Morgan fingerprint density at radius 1 is 1.19 bits per heavy atom. The maximum Gasteiger partial charge on any atom is 0.262 e. The second-order valence-corrected chi connectivity index (χ2v) is 6.84. The van der Waals surface area contributed by atoms with E-state index in [1.165, 1.54) is 4.57 Å². The highest BCUT2D eigenvalue weighted by atomic mass is 16.5. The van der Waals surface area contributed by atoms with Crippen molar-refractivity contribution in [1.29, 1.82) is 0 Å². The van der Waals surface area contributed by atoms with Crippen LogP contribution in [0.1, 0.15) is 40.1 Å². The topological polar surface area (TPSA) is 116 Å². The molecule has 0 saturated carbocycles. The van der Waals surface area contributed by atoms with Crippen molar-refractivity contribution in [3.63, 3.8) is 0 Å². The summed E-state index contributed by atoms with van der Waals surface area (Å²) >= 11 is 0. The molecule has 132 valence electrons. The van der Waals surface area contributed by atoms with Crippen molar-refractivity contribution < 1.29 is 14.3 Å². The highest BCUT2D eigenvalue weighted by Gasteiger charge is 2.32. The van der Waals surface area contributed by atoms with Crippen LogP contribution in [-0.4, -0.2) is 34.4 Å². The zero-order valence-corrected chi connectivity index (χ0v) is 14.2. The van der Waals surface area contributed by atoms with Crippen molar-refractivity contribution in [2.75, 3.05) is 12.3 Å². The number of ether oxygens (including phenoxy) is 1. The summed E-state index contributed by atoms with van der Waals surface area (Å²) in [7, 11) is 0. The predicted octanol–water partition coefficient (Wildman–Crippen LogP) is 0.859. The van der Waals surface area contributed by atoms with Crippen LogP contribution in [0.4, 0.5) is 5.82 Å². The quantitative estimate of drug-likeness (QED) is 0.778. The van der Waals surface area contributed by atoms with Crippen LogP contribution in [0.2, 0.25) is 0 Å². The standard InChI is InChI=1S/C18H16N4O4/c1-18(2)8-26-17(21-18)9-4-3-5-10(6-9)22-12(23)7-11-13(14(22)19)16(25)20-15(11)24/h3-7H,8,19H2,1-2H3,(H,20,24,25). The number of pyridine rings is 1. The number of amides is 2. The summed E-state index contributed by atoms with van der Waals surface area (Å²) in [6, 6.07) is 8.06. The summed E-state index contributed by atoms with van der Waals surface area (Å²) in [6.45, 7) is 4.39. The smallest absolute Gasteiger partial charge is 0.262 e. The second-order valence-electron chi connectivity index (χ2n) is 6.84. The summed E-state index contributed by atoms with van der Waals surface area (Å²) in [6.07, 6.45) is 0. The van der Waals surface area contributed by atoms with E-state index in [1.807, 2.05) is 19.9 Å². The van der Waals surface area contributed by atoms with Gasteiger partial charge in [-0.15, -0.1) is 0 Å². The Bertz CT molecular complexity index is 1070. The Morgan fingerprint density at radius 3 is 2.65 bits per heavy atom. The van der Waals surface area contributed by atoms with Crippen LogP contribution in [0.25, 0.3) is 5.69 Å². The number of hydrogen-bond donors (Lipinski definition) is 2. The number of fused-ring (bicyclic) bond motifs is 1. The van der Waals surface area contributed by atoms with Gasteiger partial charge in [-0.1, -0.05) is 6.07 Å². The number of aromatic nitrogens is 1. The fourth-order valence-corrected chi connectivity index (χ4v) is 3.06. The molecule has 1 aromatic carbocycles. The first-order valence-corrected chi connectivity index (χ1v) is 8.01. The van der Waals surface area contributed by atoms with Crippen LogP contribution in [0, 0.1) is 0 Å². The van der Waals surface area contributed by atoms with Crippen molar-refractivity contribution >= 4 is 23.5 Å². The molecule has 3 N–H and O–H groups in total. The SMILES string of the molecule is CC1(C)COC(c2cccc(-n3c(N)c4c(cc3=O)C(=O)NC4=O)c2)=N1. The Labute approximate surface area is 148 Å². The number of hydrogen-bond acceptors (Lipinski definition) is 6. The molecule has 8 heteroatoms. The number of nitrogens with two attached hydrogens (primary N) is 1. The molecule has 0 atom stereocenters. The van der Waals surface area contributed by atoms with E-state index in [4.69, 9.17) is 10.5 Å². The van der Waals surface area contributed by atoms with E-state index in [9.17, 15) is 14.4 Å². The Morgan fingerprint density at radius 2 is 1.96 bits per heavy atom. The van der Waals surface area contributed by atoms with Gasteiger partial charge in [0.1, 0.15) is 12.4 Å². The van der Waals surface area contributed by atoms with Gasteiger partial charge in [-0.3, -0.25) is 24.3 Å². The first kappa shape index (κ1) is 16.1. The van der Waals surface area contributed by atoms with Gasteiger partial charge < -0.3 is 10.5 Å². The number of nitrogens with zero attached hydrogens (tertiary/aromatic N) is 2. The number of imide groups is 1. The number of nitrogens with one attached hydrogen (secondary N) is 1. The first-order chi connectivity index (χ1) is 12.3. The third kappa shape index (κ3) is 2.38. The molecule has 0 fully saturated rings. The van der Waals surface area contributed by atoms with Crippen LogP contribution >= 0.6 is 0 Å². The van der Waals surface area contributed by atoms with Crippen molar-refractivity contribution in [3.05, 3.63) is 57.4 Å². The monoisotopic (exact) mass is 352 g/mol. The van der Waals surface area contributed by atoms with Crippen LogP contribution in [0.5, 0.6) is 0 Å². The molecule has 0 saturated heterocycles. The fourth-order valence-electron chi connectivity index (χ4n) is 3.06. The maximum absolute atomic E-state index is 12.5. The number of aliphatic imine (C=N–C) groups is 1. The lowest BCUT2D eigenvalue weighted by Gasteiger charge is -2.13. The van der Waals surface area contributed by atoms with Gasteiger partial charge in [0.05, 0.1) is 22.4 Å². The lowest BCUT2D eigenvalue weighted by molar-refractivity contribution is 0.0880. The van der Waals surface area contributed by atoms with Gasteiger partial charge in [0.2, 0.25) is 5.90 Å². The Hall–Kier alpha value is -3.42. The molecule has 26 heavy (non-hydrogen) atoms. The molecular formula is C18H16N4O4. The van der Waals surface area contributed by atoms with Crippen LogP contribution in [-0.2, 0) is 4.74 Å². The molecule has 2 aromatic rings. The van der Waals surface area contributed by atoms with Gasteiger partial charge in [-0.25, -0.2) is 4.99 Å². The van der Waals surface area contributed by atoms with E-state index in [1.54, 1.807) is 18.2 Å². The first-order valence-electron chi connectivity index (χ1n) is 8.01. The zero-order valence-electron chi connectivity index (χ0n) is 14.2. The number of carbonyl (C=O) groups is 2. The zero-order chi connectivity index (χ0) is 18.6. The van der Waals surface area contributed by atoms with E-state index >= 15 is 0 Å². The minimum atomic E-state index is -0.620. The minimum Gasteiger partial charge on any atom is -0.475 e. The largest absolute Gasteiger partial charge is 0.475 e. The van der Waals surface area contributed by atoms with Crippen LogP contribution in [0.3, 0.4) is 0 Å². The molecule has 0 spiro atoms. The molecular weight excluding hydrogens is 336 g/mol.